The fraction of sp³-hybridized carbons (Fsp3) is 0.278. The molecule has 0 fully saturated rings. The Bertz CT molecular complexity index is 1530. The van der Waals surface area contributed by atoms with Crippen LogP contribution < -0.4 is 9.47 Å². The van der Waals surface area contributed by atoms with Gasteiger partial charge in [0.25, 0.3) is 0 Å². The van der Waals surface area contributed by atoms with Crippen molar-refractivity contribution in [2.45, 2.75) is 64.7 Å². The summed E-state index contributed by atoms with van der Waals surface area (Å²) in [5, 5.41) is 0. The molecule has 0 aliphatic heterocycles. The van der Waals surface area contributed by atoms with Gasteiger partial charge in [-0.05, 0) is 78.9 Å². The molecule has 0 unspecified atom stereocenters. The molecule has 4 aromatic carbocycles. The Kier molecular flexibility index (Phi) is 11.8. The first kappa shape index (κ1) is 33.4. The van der Waals surface area contributed by atoms with Gasteiger partial charge in [-0.1, -0.05) is 50.3 Å². The molecule has 0 aliphatic rings. The van der Waals surface area contributed by atoms with Crippen LogP contribution in [0.4, 0.5) is 22.0 Å². The highest BCUT2D eigenvalue weighted by atomic mass is 19.2. The number of aryl methyl sites for hydroxylation is 1. The van der Waals surface area contributed by atoms with Crippen LogP contribution >= 0.6 is 0 Å². The molecule has 236 valence electrons. The van der Waals surface area contributed by atoms with Gasteiger partial charge in [0.1, 0.15) is 29.0 Å². The molecule has 0 amide bonds. The Balaban J connectivity index is 1.07. The summed E-state index contributed by atoms with van der Waals surface area (Å²) in [6, 6.07) is 15.4. The number of rotatable bonds is 14. The summed E-state index contributed by atoms with van der Waals surface area (Å²) in [6.07, 6.45) is 5.93. The third kappa shape index (κ3) is 9.73. The summed E-state index contributed by atoms with van der Waals surface area (Å²) in [4.78, 5) is 24.3. The number of benzene rings is 4. The molecule has 4 nitrogen and oxygen atoms in total. The molecule has 45 heavy (non-hydrogen) atoms. The maximum Gasteiger partial charge on any atom is 0.311 e. The maximum atomic E-state index is 14.6. The zero-order valence-electron chi connectivity index (χ0n) is 24.8. The maximum absolute atomic E-state index is 14.6. The lowest BCUT2D eigenvalue weighted by molar-refractivity contribution is -0.135. The third-order valence-corrected chi connectivity index (χ3v) is 7.32. The van der Waals surface area contributed by atoms with Gasteiger partial charge in [-0.25, -0.2) is 22.0 Å². The highest BCUT2D eigenvalue weighted by Crippen LogP contribution is 2.29. The minimum absolute atomic E-state index is 0.0310. The molecule has 0 heterocycles. The summed E-state index contributed by atoms with van der Waals surface area (Å²) < 4.78 is 80.0. The first-order valence-electron chi connectivity index (χ1n) is 14.8. The molecule has 0 saturated heterocycles. The van der Waals surface area contributed by atoms with Crippen LogP contribution in [-0.4, -0.2) is 11.9 Å². The van der Waals surface area contributed by atoms with Gasteiger partial charge in [0.05, 0.1) is 0 Å². The van der Waals surface area contributed by atoms with Gasteiger partial charge < -0.3 is 9.47 Å². The van der Waals surface area contributed by atoms with E-state index in [4.69, 9.17) is 9.47 Å². The molecule has 0 N–H and O–H groups in total. The number of esters is 2. The van der Waals surface area contributed by atoms with Crippen molar-refractivity contribution < 1.29 is 41.0 Å². The van der Waals surface area contributed by atoms with Gasteiger partial charge in [0, 0.05) is 36.1 Å². The van der Waals surface area contributed by atoms with E-state index in [0.29, 0.717) is 24.0 Å². The van der Waals surface area contributed by atoms with Crippen molar-refractivity contribution in [2.75, 3.05) is 0 Å². The van der Waals surface area contributed by atoms with E-state index in [2.05, 4.69) is 0 Å². The minimum atomic E-state index is -1.08. The standard InChI is InChI=1S/C36H33F5O4/c1-23-11-12-24(19-31(23)38)28-16-14-26(21-32(28)39)44-35(42)9-7-5-3-2-4-6-8-10-36(43)45-27-15-17-29(33(40)22-27)25-13-18-30(37)34(41)20-25/h11-22H,2-10H2,1H3. The van der Waals surface area contributed by atoms with Crippen LogP contribution in [0.5, 0.6) is 11.5 Å². The smallest absolute Gasteiger partial charge is 0.311 e. The van der Waals surface area contributed by atoms with Crippen LogP contribution in [0.3, 0.4) is 0 Å². The predicted molar refractivity (Wildman–Crippen MR) is 161 cm³/mol. The SMILES string of the molecule is Cc1ccc(-c2ccc(OC(=O)CCCCCCCCCC(=O)Oc3ccc(-c4ccc(F)c(F)c4)c(F)c3)cc2F)cc1F. The second-order valence-corrected chi connectivity index (χ2v) is 10.8. The Morgan fingerprint density at radius 3 is 1.38 bits per heavy atom. The second kappa shape index (κ2) is 16.0. The van der Waals surface area contributed by atoms with E-state index in [1.54, 1.807) is 19.1 Å². The Hall–Kier alpha value is -4.53. The molecule has 0 aromatic heterocycles. The molecule has 9 heteroatoms. The monoisotopic (exact) mass is 624 g/mol. The predicted octanol–water partition coefficient (Wildman–Crippen LogP) is 10.0. The molecule has 0 bridgehead atoms. The Labute approximate surface area is 258 Å². The highest BCUT2D eigenvalue weighted by molar-refractivity contribution is 5.74. The van der Waals surface area contributed by atoms with Crippen molar-refractivity contribution in [3.05, 3.63) is 107 Å². The summed E-state index contributed by atoms with van der Waals surface area (Å²) >= 11 is 0. The van der Waals surface area contributed by atoms with E-state index >= 15 is 0 Å². The van der Waals surface area contributed by atoms with Crippen molar-refractivity contribution in [1.82, 2.24) is 0 Å². The average Bonchev–Trinajstić information content (AvgIpc) is 2.99. The summed E-state index contributed by atoms with van der Waals surface area (Å²) in [5.74, 6) is -4.69. The number of unbranched alkanes of at least 4 members (excludes halogenated alkanes) is 6. The normalized spacial score (nSPS) is 11.0. The average molecular weight is 625 g/mol. The molecule has 4 aromatic rings. The van der Waals surface area contributed by atoms with E-state index in [1.165, 1.54) is 36.4 Å². The first-order valence-corrected chi connectivity index (χ1v) is 14.8. The molecule has 0 aliphatic carbocycles. The van der Waals surface area contributed by atoms with E-state index in [-0.39, 0.29) is 41.0 Å². The molecular formula is C36H33F5O4. The highest BCUT2D eigenvalue weighted by Gasteiger charge is 2.13. The topological polar surface area (TPSA) is 52.6 Å². The van der Waals surface area contributed by atoms with Crippen LogP contribution in [0, 0.1) is 36.0 Å². The van der Waals surface area contributed by atoms with Crippen LogP contribution in [0.15, 0.2) is 72.8 Å². The second-order valence-electron chi connectivity index (χ2n) is 10.8. The number of halogens is 5. The van der Waals surface area contributed by atoms with Crippen LogP contribution in [-0.2, 0) is 9.59 Å². The number of carbonyl (C=O) groups excluding carboxylic acids is 2. The zero-order chi connectivity index (χ0) is 32.3. The minimum Gasteiger partial charge on any atom is -0.426 e. The van der Waals surface area contributed by atoms with Crippen molar-refractivity contribution in [3.8, 4) is 33.8 Å². The van der Waals surface area contributed by atoms with Gasteiger partial charge in [0.15, 0.2) is 11.6 Å². The van der Waals surface area contributed by atoms with E-state index in [1.807, 2.05) is 0 Å². The van der Waals surface area contributed by atoms with Gasteiger partial charge in [-0.2, -0.15) is 0 Å². The summed E-state index contributed by atoms with van der Waals surface area (Å²) in [7, 11) is 0. The number of hydrogen-bond acceptors (Lipinski definition) is 4. The first-order chi connectivity index (χ1) is 21.6. The van der Waals surface area contributed by atoms with Crippen LogP contribution in [0.1, 0.15) is 63.4 Å². The Morgan fingerprint density at radius 1 is 0.489 bits per heavy atom. The summed E-state index contributed by atoms with van der Waals surface area (Å²) in [6.45, 7) is 1.63. The van der Waals surface area contributed by atoms with Crippen molar-refractivity contribution >= 4 is 11.9 Å². The number of hydrogen-bond donors (Lipinski definition) is 0. The summed E-state index contributed by atoms with van der Waals surface area (Å²) in [5.41, 5.74) is 1.31. The largest absolute Gasteiger partial charge is 0.426 e. The van der Waals surface area contributed by atoms with Crippen LogP contribution in [0.25, 0.3) is 22.3 Å². The molecule has 0 atom stereocenters. The van der Waals surface area contributed by atoms with Gasteiger partial charge >= 0.3 is 11.9 Å². The quantitative estimate of drug-likeness (QED) is 0.0607. The lowest BCUT2D eigenvalue weighted by Gasteiger charge is -2.09. The van der Waals surface area contributed by atoms with E-state index in [9.17, 15) is 31.5 Å². The van der Waals surface area contributed by atoms with Crippen molar-refractivity contribution in [1.29, 1.82) is 0 Å². The number of carbonyl (C=O) groups is 2. The van der Waals surface area contributed by atoms with Gasteiger partial charge in [-0.15, -0.1) is 0 Å². The Morgan fingerprint density at radius 2 is 0.933 bits per heavy atom. The van der Waals surface area contributed by atoms with Crippen molar-refractivity contribution in [3.63, 3.8) is 0 Å². The fourth-order valence-corrected chi connectivity index (χ4v) is 4.80. The molecule has 0 spiro atoms. The van der Waals surface area contributed by atoms with E-state index in [0.717, 1.165) is 56.4 Å². The van der Waals surface area contributed by atoms with Crippen LogP contribution in [0.2, 0.25) is 0 Å². The molecule has 4 rings (SSSR count). The van der Waals surface area contributed by atoms with Crippen molar-refractivity contribution in [2.24, 2.45) is 0 Å². The fourth-order valence-electron chi connectivity index (χ4n) is 4.80. The third-order valence-electron chi connectivity index (χ3n) is 7.32. The number of ether oxygens (including phenoxy) is 2. The van der Waals surface area contributed by atoms with Gasteiger partial charge in [-0.3, -0.25) is 9.59 Å². The van der Waals surface area contributed by atoms with Gasteiger partial charge in [0.2, 0.25) is 0 Å². The lowest BCUT2D eigenvalue weighted by atomic mass is 10.0. The molecule has 0 saturated carbocycles. The molecular weight excluding hydrogens is 591 g/mol. The lowest BCUT2D eigenvalue weighted by Crippen LogP contribution is -2.08. The zero-order valence-corrected chi connectivity index (χ0v) is 24.8. The van der Waals surface area contributed by atoms with E-state index < -0.39 is 41.0 Å². The molecule has 0 radical (unpaired) electrons.